The van der Waals surface area contributed by atoms with Crippen molar-refractivity contribution < 1.29 is 23.0 Å². The highest BCUT2D eigenvalue weighted by Gasteiger charge is 2.10. The van der Waals surface area contributed by atoms with E-state index < -0.39 is 12.5 Å². The van der Waals surface area contributed by atoms with Gasteiger partial charge in [-0.25, -0.2) is 4.98 Å². The van der Waals surface area contributed by atoms with Crippen LogP contribution in [0.3, 0.4) is 0 Å². The van der Waals surface area contributed by atoms with E-state index in [0.29, 0.717) is 11.5 Å². The fourth-order valence-electron chi connectivity index (χ4n) is 2.32. The summed E-state index contributed by atoms with van der Waals surface area (Å²) >= 11 is 0. The number of hydrogen-bond acceptors (Lipinski definition) is 4. The Morgan fingerprint density at radius 3 is 2.77 bits per heavy atom. The maximum Gasteiger partial charge on any atom is 0.387 e. The summed E-state index contributed by atoms with van der Waals surface area (Å²) in [6.45, 7) is -2.94. The molecule has 0 saturated heterocycles. The lowest BCUT2D eigenvalue weighted by Gasteiger charge is -2.10. The molecule has 0 fully saturated rings. The SMILES string of the molecule is COc1cc(/C=C/C(=O)Nc2nc3ccccc3[nH]2)ccc1OC(F)F. The summed E-state index contributed by atoms with van der Waals surface area (Å²) in [4.78, 5) is 19.2. The number of nitrogens with zero attached hydrogens (tertiary/aromatic N) is 1. The molecule has 0 bridgehead atoms. The fraction of sp³-hybridized carbons (Fsp3) is 0.111. The Labute approximate surface area is 147 Å². The van der Waals surface area contributed by atoms with Gasteiger partial charge in [0, 0.05) is 6.08 Å². The molecule has 2 N–H and O–H groups in total. The van der Waals surface area contributed by atoms with Crippen LogP contribution in [0.25, 0.3) is 17.1 Å². The second kappa shape index (κ2) is 7.64. The van der Waals surface area contributed by atoms with Gasteiger partial charge in [0.05, 0.1) is 18.1 Å². The van der Waals surface area contributed by atoms with Gasteiger partial charge >= 0.3 is 6.61 Å². The summed E-state index contributed by atoms with van der Waals surface area (Å²) < 4.78 is 34.0. The number of nitrogens with one attached hydrogen (secondary N) is 2. The minimum atomic E-state index is -2.94. The third-order valence-electron chi connectivity index (χ3n) is 3.46. The van der Waals surface area contributed by atoms with Gasteiger partial charge in [-0.2, -0.15) is 8.78 Å². The molecule has 0 unspecified atom stereocenters. The lowest BCUT2D eigenvalue weighted by molar-refractivity contribution is -0.111. The first-order valence-corrected chi connectivity index (χ1v) is 7.62. The van der Waals surface area contributed by atoms with Crippen LogP contribution >= 0.6 is 0 Å². The Morgan fingerprint density at radius 1 is 1.23 bits per heavy atom. The summed E-state index contributed by atoms with van der Waals surface area (Å²) in [6, 6.07) is 11.8. The quantitative estimate of drug-likeness (QED) is 0.656. The molecule has 3 aromatic rings. The first-order chi connectivity index (χ1) is 12.5. The zero-order valence-corrected chi connectivity index (χ0v) is 13.7. The number of carbonyl (C=O) groups excluding carboxylic acids is 1. The number of H-pyrrole nitrogens is 1. The van der Waals surface area contributed by atoms with E-state index in [1.807, 2.05) is 24.3 Å². The van der Waals surface area contributed by atoms with Gasteiger partial charge in [-0.3, -0.25) is 10.1 Å². The molecule has 26 heavy (non-hydrogen) atoms. The Kier molecular flexibility index (Phi) is 5.12. The number of para-hydroxylation sites is 2. The van der Waals surface area contributed by atoms with Crippen molar-refractivity contribution in [2.45, 2.75) is 6.61 Å². The molecule has 1 amide bonds. The average Bonchev–Trinajstić information content (AvgIpc) is 3.02. The number of ether oxygens (including phenoxy) is 2. The standard InChI is InChI=1S/C18H15F2N3O3/c1-25-15-10-11(6-8-14(15)26-17(19)20)7-9-16(24)23-18-21-12-4-2-3-5-13(12)22-18/h2-10,17H,1H3,(H2,21,22,23,24)/b9-7+. The zero-order valence-electron chi connectivity index (χ0n) is 13.7. The number of hydrogen-bond donors (Lipinski definition) is 2. The minimum absolute atomic E-state index is 0.0774. The van der Waals surface area contributed by atoms with E-state index in [1.54, 1.807) is 0 Å². The van der Waals surface area contributed by atoms with E-state index in [4.69, 9.17) is 4.74 Å². The van der Waals surface area contributed by atoms with Crippen molar-refractivity contribution in [2.75, 3.05) is 12.4 Å². The number of benzene rings is 2. The Balaban J connectivity index is 1.69. The summed E-state index contributed by atoms with van der Waals surface area (Å²) in [5.41, 5.74) is 2.14. The molecule has 0 radical (unpaired) electrons. The predicted octanol–water partition coefficient (Wildman–Crippen LogP) is 3.82. The molecule has 0 saturated carbocycles. The first-order valence-electron chi connectivity index (χ1n) is 7.62. The van der Waals surface area contributed by atoms with E-state index in [1.165, 1.54) is 37.5 Å². The van der Waals surface area contributed by atoms with Gasteiger partial charge in [0.1, 0.15) is 0 Å². The number of methoxy groups -OCH3 is 1. The summed E-state index contributed by atoms with van der Waals surface area (Å²) in [7, 11) is 1.34. The third-order valence-corrected chi connectivity index (χ3v) is 3.46. The maximum atomic E-state index is 12.3. The molecule has 6 nitrogen and oxygen atoms in total. The van der Waals surface area contributed by atoms with Crippen LogP contribution in [0.1, 0.15) is 5.56 Å². The first kappa shape index (κ1) is 17.4. The van der Waals surface area contributed by atoms with E-state index in [9.17, 15) is 13.6 Å². The van der Waals surface area contributed by atoms with Crippen LogP contribution in [0.15, 0.2) is 48.5 Å². The van der Waals surface area contributed by atoms with Crippen LogP contribution in [-0.4, -0.2) is 29.6 Å². The van der Waals surface area contributed by atoms with Crippen molar-refractivity contribution in [3.05, 3.63) is 54.1 Å². The fourth-order valence-corrected chi connectivity index (χ4v) is 2.32. The van der Waals surface area contributed by atoms with Gasteiger partial charge in [0.2, 0.25) is 5.95 Å². The molecule has 0 aliphatic rings. The van der Waals surface area contributed by atoms with Crippen LogP contribution in [0.5, 0.6) is 11.5 Å². The van der Waals surface area contributed by atoms with Crippen LogP contribution < -0.4 is 14.8 Å². The van der Waals surface area contributed by atoms with Gasteiger partial charge in [-0.15, -0.1) is 0 Å². The average molecular weight is 359 g/mol. The van der Waals surface area contributed by atoms with Gasteiger partial charge in [0.25, 0.3) is 5.91 Å². The molecule has 134 valence electrons. The lowest BCUT2D eigenvalue weighted by atomic mass is 10.2. The summed E-state index contributed by atoms with van der Waals surface area (Å²) in [5, 5.41) is 2.62. The normalized spacial score (nSPS) is 11.2. The number of alkyl halides is 2. The highest BCUT2D eigenvalue weighted by molar-refractivity contribution is 6.01. The highest BCUT2D eigenvalue weighted by atomic mass is 19.3. The topological polar surface area (TPSA) is 76.2 Å². The Morgan fingerprint density at radius 2 is 2.04 bits per heavy atom. The molecular formula is C18H15F2N3O3. The number of rotatable bonds is 6. The number of aromatic nitrogens is 2. The molecule has 0 spiro atoms. The van der Waals surface area contributed by atoms with Crippen LogP contribution in [-0.2, 0) is 4.79 Å². The number of anilines is 1. The largest absolute Gasteiger partial charge is 0.493 e. The van der Waals surface area contributed by atoms with Crippen LogP contribution in [0, 0.1) is 0 Å². The van der Waals surface area contributed by atoms with Crippen LogP contribution in [0.2, 0.25) is 0 Å². The van der Waals surface area contributed by atoms with E-state index in [0.717, 1.165) is 11.0 Å². The molecule has 0 aliphatic carbocycles. The van der Waals surface area contributed by atoms with Crippen LogP contribution in [0.4, 0.5) is 14.7 Å². The Bertz CT molecular complexity index is 921. The molecule has 0 atom stereocenters. The van der Waals surface area contributed by atoms with Gasteiger partial charge < -0.3 is 14.5 Å². The number of fused-ring (bicyclic) bond motifs is 1. The highest BCUT2D eigenvalue weighted by Crippen LogP contribution is 2.29. The van der Waals surface area contributed by atoms with Crippen molar-refractivity contribution in [3.63, 3.8) is 0 Å². The number of imidazole rings is 1. The number of halogens is 2. The monoisotopic (exact) mass is 359 g/mol. The van der Waals surface area contributed by atoms with Crippen molar-refractivity contribution in [1.82, 2.24) is 9.97 Å². The van der Waals surface area contributed by atoms with Crippen molar-refractivity contribution in [1.29, 1.82) is 0 Å². The molecule has 1 aromatic heterocycles. The second-order valence-corrected chi connectivity index (χ2v) is 5.21. The maximum absolute atomic E-state index is 12.3. The molecule has 8 heteroatoms. The summed E-state index contributed by atoms with van der Waals surface area (Å²) in [6.07, 6.45) is 2.82. The Hall–Kier alpha value is -3.42. The molecule has 3 rings (SSSR count). The lowest BCUT2D eigenvalue weighted by Crippen LogP contribution is -2.08. The molecule has 2 aromatic carbocycles. The summed E-state index contributed by atoms with van der Waals surface area (Å²) in [5.74, 6) is 0.00608. The van der Waals surface area contributed by atoms with E-state index >= 15 is 0 Å². The minimum Gasteiger partial charge on any atom is -0.493 e. The van der Waals surface area contributed by atoms with E-state index in [2.05, 4.69) is 20.0 Å². The number of aromatic amines is 1. The van der Waals surface area contributed by atoms with Gasteiger partial charge in [0.15, 0.2) is 11.5 Å². The molecule has 0 aliphatic heterocycles. The number of amides is 1. The van der Waals surface area contributed by atoms with E-state index in [-0.39, 0.29) is 11.5 Å². The van der Waals surface area contributed by atoms with Crippen molar-refractivity contribution >= 4 is 29.0 Å². The smallest absolute Gasteiger partial charge is 0.387 e. The third kappa shape index (κ3) is 4.15. The van der Waals surface area contributed by atoms with Gasteiger partial charge in [-0.05, 0) is 35.9 Å². The van der Waals surface area contributed by atoms with Gasteiger partial charge in [-0.1, -0.05) is 18.2 Å². The molecular weight excluding hydrogens is 344 g/mol. The molecule has 1 heterocycles. The number of carbonyl (C=O) groups is 1. The zero-order chi connectivity index (χ0) is 18.5. The van der Waals surface area contributed by atoms with Crippen molar-refractivity contribution in [2.24, 2.45) is 0 Å². The second-order valence-electron chi connectivity index (χ2n) is 5.21. The van der Waals surface area contributed by atoms with Crippen molar-refractivity contribution in [3.8, 4) is 11.5 Å². The predicted molar refractivity (Wildman–Crippen MR) is 93.4 cm³/mol.